The molecule has 102 valence electrons. The molecule has 5 heteroatoms. The van der Waals surface area contributed by atoms with E-state index in [2.05, 4.69) is 5.10 Å². The molecule has 1 aliphatic rings. The van der Waals surface area contributed by atoms with Crippen molar-refractivity contribution in [3.8, 4) is 5.69 Å². The van der Waals surface area contributed by atoms with Crippen molar-refractivity contribution in [2.24, 2.45) is 5.41 Å². The molecule has 1 aromatic carbocycles. The number of aromatic nitrogens is 2. The number of carbonyl (C=O) groups excluding carboxylic acids is 2. The van der Waals surface area contributed by atoms with Crippen LogP contribution in [0, 0.1) is 11.2 Å². The number of rotatable bonds is 1. The highest BCUT2D eigenvalue weighted by Gasteiger charge is 2.42. The lowest BCUT2D eigenvalue weighted by molar-refractivity contribution is -0.123. The van der Waals surface area contributed by atoms with Gasteiger partial charge in [0.2, 0.25) is 11.6 Å². The second kappa shape index (κ2) is 4.10. The lowest BCUT2D eigenvalue weighted by Crippen LogP contribution is -2.38. The average Bonchev–Trinajstić information content (AvgIpc) is 2.80. The second-order valence-electron chi connectivity index (χ2n) is 5.61. The van der Waals surface area contributed by atoms with Crippen LogP contribution in [0.1, 0.15) is 29.9 Å². The van der Waals surface area contributed by atoms with Crippen molar-refractivity contribution in [2.75, 3.05) is 0 Å². The minimum Gasteiger partial charge on any atom is -0.290 e. The number of benzene rings is 1. The summed E-state index contributed by atoms with van der Waals surface area (Å²) in [6.07, 6.45) is 1.85. The SMILES string of the molecule is CC1(C)Cc2c(cnn2-c2ccc(F)cc2)C(=O)C1=O. The number of carbonyl (C=O) groups is 2. The molecular formula is C15H13FN2O2. The van der Waals surface area contributed by atoms with E-state index < -0.39 is 11.2 Å². The summed E-state index contributed by atoms with van der Waals surface area (Å²) >= 11 is 0. The Morgan fingerprint density at radius 1 is 1.20 bits per heavy atom. The van der Waals surface area contributed by atoms with Gasteiger partial charge in [-0.15, -0.1) is 0 Å². The zero-order valence-electron chi connectivity index (χ0n) is 11.2. The molecular weight excluding hydrogens is 259 g/mol. The normalized spacial score (nSPS) is 17.1. The van der Waals surface area contributed by atoms with Crippen molar-refractivity contribution >= 4 is 11.6 Å². The maximum atomic E-state index is 13.0. The van der Waals surface area contributed by atoms with Gasteiger partial charge in [-0.05, 0) is 24.3 Å². The van der Waals surface area contributed by atoms with E-state index in [1.54, 1.807) is 30.7 Å². The van der Waals surface area contributed by atoms with Gasteiger partial charge in [-0.1, -0.05) is 13.8 Å². The Morgan fingerprint density at radius 3 is 2.50 bits per heavy atom. The van der Waals surface area contributed by atoms with Crippen LogP contribution in [-0.4, -0.2) is 21.3 Å². The van der Waals surface area contributed by atoms with E-state index in [-0.39, 0.29) is 11.6 Å². The van der Waals surface area contributed by atoms with Gasteiger partial charge in [-0.2, -0.15) is 5.10 Å². The molecule has 0 fully saturated rings. The van der Waals surface area contributed by atoms with Crippen LogP contribution in [0.2, 0.25) is 0 Å². The lowest BCUT2D eigenvalue weighted by atomic mass is 9.75. The number of hydrogen-bond acceptors (Lipinski definition) is 3. The summed E-state index contributed by atoms with van der Waals surface area (Å²) in [6, 6.07) is 5.86. The van der Waals surface area contributed by atoms with Gasteiger partial charge in [0.1, 0.15) is 5.82 Å². The molecule has 0 spiro atoms. The van der Waals surface area contributed by atoms with E-state index in [9.17, 15) is 14.0 Å². The minimum absolute atomic E-state index is 0.332. The molecule has 0 unspecified atom stereocenters. The summed E-state index contributed by atoms with van der Waals surface area (Å²) in [5.41, 5.74) is 0.984. The summed E-state index contributed by atoms with van der Waals surface area (Å²) in [5, 5.41) is 4.17. The number of ketones is 2. The zero-order chi connectivity index (χ0) is 14.5. The summed E-state index contributed by atoms with van der Waals surface area (Å²) in [7, 11) is 0. The summed E-state index contributed by atoms with van der Waals surface area (Å²) < 4.78 is 14.6. The Labute approximate surface area is 115 Å². The summed E-state index contributed by atoms with van der Waals surface area (Å²) in [6.45, 7) is 3.50. The first kappa shape index (κ1) is 12.7. The molecule has 0 amide bonds. The first-order valence-corrected chi connectivity index (χ1v) is 6.32. The van der Waals surface area contributed by atoms with E-state index in [1.165, 1.54) is 18.3 Å². The Kier molecular flexibility index (Phi) is 2.61. The highest BCUT2D eigenvalue weighted by atomic mass is 19.1. The molecule has 0 aliphatic heterocycles. The third kappa shape index (κ3) is 1.78. The molecule has 20 heavy (non-hydrogen) atoms. The maximum Gasteiger partial charge on any atom is 0.232 e. The summed E-state index contributed by atoms with van der Waals surface area (Å²) in [5.74, 6) is -1.21. The molecule has 3 rings (SSSR count). The molecule has 0 bridgehead atoms. The van der Waals surface area contributed by atoms with Crippen molar-refractivity contribution < 1.29 is 14.0 Å². The third-order valence-corrected chi connectivity index (χ3v) is 3.61. The summed E-state index contributed by atoms with van der Waals surface area (Å²) in [4.78, 5) is 24.0. The minimum atomic E-state index is -0.734. The van der Waals surface area contributed by atoms with Gasteiger partial charge in [0.15, 0.2) is 0 Å². The largest absolute Gasteiger partial charge is 0.290 e. The molecule has 0 N–H and O–H groups in total. The molecule has 2 aromatic rings. The quantitative estimate of drug-likeness (QED) is 0.749. The molecule has 4 nitrogen and oxygen atoms in total. The predicted octanol–water partition coefficient (Wildman–Crippen LogP) is 2.35. The lowest BCUT2D eigenvalue weighted by Gasteiger charge is -2.27. The fourth-order valence-corrected chi connectivity index (χ4v) is 2.47. The number of halogens is 1. The molecule has 0 saturated heterocycles. The van der Waals surface area contributed by atoms with Crippen LogP contribution < -0.4 is 0 Å². The van der Waals surface area contributed by atoms with Crippen LogP contribution in [0.5, 0.6) is 0 Å². The first-order valence-electron chi connectivity index (χ1n) is 6.32. The van der Waals surface area contributed by atoms with E-state index in [4.69, 9.17) is 0 Å². The molecule has 1 heterocycles. The number of hydrogen-bond donors (Lipinski definition) is 0. The first-order chi connectivity index (χ1) is 9.40. The van der Waals surface area contributed by atoms with Crippen molar-refractivity contribution in [1.82, 2.24) is 9.78 Å². The molecule has 1 aliphatic carbocycles. The van der Waals surface area contributed by atoms with Crippen LogP contribution >= 0.6 is 0 Å². The van der Waals surface area contributed by atoms with Gasteiger partial charge < -0.3 is 0 Å². The van der Waals surface area contributed by atoms with Crippen molar-refractivity contribution in [2.45, 2.75) is 20.3 Å². The highest BCUT2D eigenvalue weighted by molar-refractivity contribution is 6.46. The maximum absolute atomic E-state index is 13.0. The van der Waals surface area contributed by atoms with Crippen LogP contribution in [0.25, 0.3) is 5.69 Å². The molecule has 0 saturated carbocycles. The smallest absolute Gasteiger partial charge is 0.232 e. The van der Waals surface area contributed by atoms with E-state index >= 15 is 0 Å². The molecule has 0 radical (unpaired) electrons. The number of fused-ring (bicyclic) bond motifs is 1. The van der Waals surface area contributed by atoms with Crippen LogP contribution in [0.3, 0.4) is 0 Å². The molecule has 1 aromatic heterocycles. The van der Waals surface area contributed by atoms with Crippen LogP contribution in [0.15, 0.2) is 30.5 Å². The highest BCUT2D eigenvalue weighted by Crippen LogP contribution is 2.33. The monoisotopic (exact) mass is 272 g/mol. The zero-order valence-corrected chi connectivity index (χ0v) is 11.2. The van der Waals surface area contributed by atoms with Crippen LogP contribution in [0.4, 0.5) is 4.39 Å². The van der Waals surface area contributed by atoms with Crippen molar-refractivity contribution in [1.29, 1.82) is 0 Å². The fraction of sp³-hybridized carbons (Fsp3) is 0.267. The number of nitrogens with zero attached hydrogens (tertiary/aromatic N) is 2. The predicted molar refractivity (Wildman–Crippen MR) is 70.3 cm³/mol. The van der Waals surface area contributed by atoms with Gasteiger partial charge in [0.05, 0.1) is 23.1 Å². The van der Waals surface area contributed by atoms with Gasteiger partial charge in [-0.3, -0.25) is 9.59 Å². The second-order valence-corrected chi connectivity index (χ2v) is 5.61. The van der Waals surface area contributed by atoms with Gasteiger partial charge >= 0.3 is 0 Å². The Morgan fingerprint density at radius 2 is 1.85 bits per heavy atom. The Balaban J connectivity index is 2.14. The van der Waals surface area contributed by atoms with Gasteiger partial charge in [-0.25, -0.2) is 9.07 Å². The van der Waals surface area contributed by atoms with Gasteiger partial charge in [0, 0.05) is 11.8 Å². The fourth-order valence-electron chi connectivity index (χ4n) is 2.47. The Bertz CT molecular complexity index is 714. The molecule has 0 atom stereocenters. The van der Waals surface area contributed by atoms with E-state index in [1.807, 2.05) is 0 Å². The van der Waals surface area contributed by atoms with E-state index in [0.29, 0.717) is 23.4 Å². The average molecular weight is 272 g/mol. The topological polar surface area (TPSA) is 52.0 Å². The van der Waals surface area contributed by atoms with Crippen LogP contribution in [-0.2, 0) is 11.2 Å². The Hall–Kier alpha value is -2.30. The standard InChI is InChI=1S/C15H13FN2O2/c1-15(2)7-12-11(13(19)14(15)20)8-17-18(12)10-5-3-9(16)4-6-10/h3-6,8H,7H2,1-2H3. The van der Waals surface area contributed by atoms with Crippen molar-refractivity contribution in [3.63, 3.8) is 0 Å². The van der Waals surface area contributed by atoms with Gasteiger partial charge in [0.25, 0.3) is 0 Å². The number of Topliss-reactive ketones (excluding diaryl/α,β-unsaturated/α-hetero) is 2. The third-order valence-electron chi connectivity index (χ3n) is 3.61. The van der Waals surface area contributed by atoms with E-state index in [0.717, 1.165) is 0 Å². The van der Waals surface area contributed by atoms with Crippen molar-refractivity contribution in [3.05, 3.63) is 47.5 Å².